The molecule has 0 spiro atoms. The minimum atomic E-state index is -1.11. The van der Waals surface area contributed by atoms with Crippen LogP contribution in [0, 0.1) is 0 Å². The second-order valence-electron chi connectivity index (χ2n) is 8.06. The number of carbonyl (C=O) groups excluding carboxylic acids is 2. The molecular weight excluding hydrogens is 466 g/mol. The van der Waals surface area contributed by atoms with Crippen LogP contribution < -0.4 is 10.6 Å². The smallest absolute Gasteiger partial charge is 0.413 e. The quantitative estimate of drug-likeness (QED) is 0.357. The lowest BCUT2D eigenvalue weighted by atomic mass is 9.98. The predicted molar refractivity (Wildman–Crippen MR) is 134 cm³/mol. The van der Waals surface area contributed by atoms with Gasteiger partial charge >= 0.3 is 12.1 Å². The van der Waals surface area contributed by atoms with E-state index in [0.717, 1.165) is 27.1 Å². The number of thiazole rings is 1. The Hall–Kier alpha value is -3.98. The van der Waals surface area contributed by atoms with Crippen molar-refractivity contribution < 1.29 is 24.2 Å². The molecule has 180 valence electrons. The summed E-state index contributed by atoms with van der Waals surface area (Å²) in [5.74, 6) is -1.52. The zero-order valence-electron chi connectivity index (χ0n) is 18.9. The molecule has 3 aromatic rings. The van der Waals surface area contributed by atoms with Gasteiger partial charge in [0.25, 0.3) is 0 Å². The molecule has 0 radical (unpaired) electrons. The molecule has 0 fully saturated rings. The minimum absolute atomic E-state index is 0.0331. The maximum Gasteiger partial charge on any atom is 0.413 e. The van der Waals surface area contributed by atoms with Gasteiger partial charge in [-0.15, -0.1) is 17.9 Å². The number of hydrogen-bond donors (Lipinski definition) is 3. The van der Waals surface area contributed by atoms with E-state index in [-0.39, 0.29) is 31.3 Å². The van der Waals surface area contributed by atoms with Crippen LogP contribution in [0.2, 0.25) is 0 Å². The average molecular weight is 492 g/mol. The van der Waals surface area contributed by atoms with Crippen LogP contribution in [0.25, 0.3) is 11.1 Å². The van der Waals surface area contributed by atoms with Crippen molar-refractivity contribution in [2.75, 3.05) is 11.9 Å². The predicted octanol–water partition coefficient (Wildman–Crippen LogP) is 4.58. The third kappa shape index (κ3) is 5.75. The fourth-order valence-corrected chi connectivity index (χ4v) is 4.89. The standard InChI is InChI=1S/C26H25N3O5S/c1-2-7-22(24(31)32)28-23(30)13-12-16-14-27-25(35-16)29-26(33)34-15-21-19-10-5-3-8-17(19)18-9-4-6-11-20(18)21/h2-6,8-11,14,21-22H,1,7,12-13,15H2,(H,28,30)(H,31,32)(H,27,29,33). The topological polar surface area (TPSA) is 118 Å². The van der Waals surface area contributed by atoms with Crippen molar-refractivity contribution in [1.29, 1.82) is 0 Å². The number of aryl methyl sites for hydroxylation is 1. The Morgan fingerprint density at radius 3 is 2.40 bits per heavy atom. The Kier molecular flexibility index (Phi) is 7.57. The molecule has 1 unspecified atom stereocenters. The Balaban J connectivity index is 1.28. The number of nitrogens with one attached hydrogen (secondary N) is 2. The number of nitrogens with zero attached hydrogens (tertiary/aromatic N) is 1. The molecule has 2 amide bonds. The number of carboxylic acids is 1. The van der Waals surface area contributed by atoms with Crippen LogP contribution in [0.1, 0.15) is 34.8 Å². The second kappa shape index (κ2) is 11.0. The van der Waals surface area contributed by atoms with Gasteiger partial charge in [-0.25, -0.2) is 14.6 Å². The highest BCUT2D eigenvalue weighted by atomic mass is 32.1. The number of amides is 2. The molecule has 1 aromatic heterocycles. The molecule has 1 aliphatic rings. The third-order valence-corrected chi connectivity index (χ3v) is 6.71. The van der Waals surface area contributed by atoms with E-state index < -0.39 is 18.1 Å². The van der Waals surface area contributed by atoms with E-state index in [1.807, 2.05) is 24.3 Å². The van der Waals surface area contributed by atoms with Crippen molar-refractivity contribution in [2.45, 2.75) is 31.2 Å². The van der Waals surface area contributed by atoms with Gasteiger partial charge in [-0.2, -0.15) is 0 Å². The van der Waals surface area contributed by atoms with Crippen molar-refractivity contribution in [3.63, 3.8) is 0 Å². The summed E-state index contributed by atoms with van der Waals surface area (Å²) in [6.45, 7) is 3.70. The Bertz CT molecular complexity index is 1210. The van der Waals surface area contributed by atoms with Gasteiger partial charge in [0.1, 0.15) is 12.6 Å². The van der Waals surface area contributed by atoms with Crippen LogP contribution in [-0.4, -0.2) is 40.7 Å². The van der Waals surface area contributed by atoms with E-state index in [0.29, 0.717) is 11.6 Å². The Labute approximate surface area is 206 Å². The number of carboxylic acid groups (broad SMARTS) is 1. The first-order valence-corrected chi connectivity index (χ1v) is 12.0. The normalized spacial score (nSPS) is 12.8. The van der Waals surface area contributed by atoms with Gasteiger partial charge in [0, 0.05) is 23.4 Å². The van der Waals surface area contributed by atoms with Crippen LogP contribution in [-0.2, 0) is 20.7 Å². The van der Waals surface area contributed by atoms with E-state index in [2.05, 4.69) is 46.5 Å². The lowest BCUT2D eigenvalue weighted by molar-refractivity contribution is -0.141. The van der Waals surface area contributed by atoms with Crippen LogP contribution >= 0.6 is 11.3 Å². The van der Waals surface area contributed by atoms with E-state index in [1.165, 1.54) is 17.4 Å². The van der Waals surface area contributed by atoms with Gasteiger partial charge in [-0.1, -0.05) is 54.6 Å². The molecule has 1 heterocycles. The summed E-state index contributed by atoms with van der Waals surface area (Å²) in [6.07, 6.45) is 3.05. The van der Waals surface area contributed by atoms with Crippen LogP contribution in [0.3, 0.4) is 0 Å². The maximum absolute atomic E-state index is 12.4. The van der Waals surface area contributed by atoms with Gasteiger partial charge in [0.05, 0.1) is 0 Å². The number of fused-ring (bicyclic) bond motifs is 3. The molecule has 0 saturated carbocycles. The zero-order chi connectivity index (χ0) is 24.8. The van der Waals surface area contributed by atoms with E-state index in [4.69, 9.17) is 9.84 Å². The molecule has 3 N–H and O–H groups in total. The monoisotopic (exact) mass is 491 g/mol. The highest BCUT2D eigenvalue weighted by Gasteiger charge is 2.29. The summed E-state index contributed by atoms with van der Waals surface area (Å²) in [5, 5.41) is 14.6. The lowest BCUT2D eigenvalue weighted by Gasteiger charge is -2.14. The fourth-order valence-electron chi connectivity index (χ4n) is 4.09. The molecule has 35 heavy (non-hydrogen) atoms. The van der Waals surface area contributed by atoms with Gasteiger partial charge in [-0.3, -0.25) is 10.1 Å². The number of aromatic nitrogens is 1. The highest BCUT2D eigenvalue weighted by molar-refractivity contribution is 7.15. The van der Waals surface area contributed by atoms with Gasteiger partial charge in [0.2, 0.25) is 5.91 Å². The average Bonchev–Trinajstić information content (AvgIpc) is 3.43. The summed E-state index contributed by atoms with van der Waals surface area (Å²) in [5.41, 5.74) is 4.58. The molecule has 0 aliphatic heterocycles. The first kappa shape index (κ1) is 24.2. The van der Waals surface area contributed by atoms with Crippen molar-refractivity contribution in [3.05, 3.63) is 83.4 Å². The van der Waals surface area contributed by atoms with Crippen molar-refractivity contribution in [3.8, 4) is 11.1 Å². The van der Waals surface area contributed by atoms with Crippen molar-refractivity contribution in [1.82, 2.24) is 10.3 Å². The molecule has 1 atom stereocenters. The molecule has 8 nitrogen and oxygen atoms in total. The van der Waals surface area contributed by atoms with Crippen LogP contribution in [0.15, 0.2) is 67.4 Å². The minimum Gasteiger partial charge on any atom is -0.480 e. The number of hydrogen-bond acceptors (Lipinski definition) is 6. The fraction of sp³-hybridized carbons (Fsp3) is 0.231. The number of ether oxygens (including phenoxy) is 1. The molecule has 9 heteroatoms. The van der Waals surface area contributed by atoms with Gasteiger partial charge in [-0.05, 0) is 35.1 Å². The van der Waals surface area contributed by atoms with Crippen LogP contribution in [0.5, 0.6) is 0 Å². The van der Waals surface area contributed by atoms with Gasteiger partial charge < -0.3 is 15.2 Å². The summed E-state index contributed by atoms with van der Waals surface area (Å²) < 4.78 is 5.53. The number of rotatable bonds is 10. The Morgan fingerprint density at radius 2 is 1.77 bits per heavy atom. The SMILES string of the molecule is C=CCC(NC(=O)CCc1cnc(NC(=O)OCC2c3ccccc3-c3ccccc32)s1)C(=O)O. The molecular formula is C26H25N3O5S. The highest BCUT2D eigenvalue weighted by Crippen LogP contribution is 2.44. The summed E-state index contributed by atoms with van der Waals surface area (Å²) in [4.78, 5) is 40.6. The molecule has 2 aromatic carbocycles. The molecule has 0 saturated heterocycles. The van der Waals surface area contributed by atoms with Crippen LogP contribution in [0.4, 0.5) is 9.93 Å². The van der Waals surface area contributed by atoms with E-state index in [9.17, 15) is 14.4 Å². The largest absolute Gasteiger partial charge is 0.480 e. The molecule has 0 bridgehead atoms. The maximum atomic E-state index is 12.4. The van der Waals surface area contributed by atoms with E-state index in [1.54, 1.807) is 6.20 Å². The number of anilines is 1. The lowest BCUT2D eigenvalue weighted by Crippen LogP contribution is -2.40. The summed E-state index contributed by atoms with van der Waals surface area (Å²) in [6, 6.07) is 15.2. The number of aliphatic carboxylic acids is 1. The van der Waals surface area contributed by atoms with Crippen molar-refractivity contribution in [2.24, 2.45) is 0 Å². The third-order valence-electron chi connectivity index (χ3n) is 5.74. The van der Waals surface area contributed by atoms with Crippen molar-refractivity contribution >= 4 is 34.4 Å². The summed E-state index contributed by atoms with van der Waals surface area (Å²) in [7, 11) is 0. The van der Waals surface area contributed by atoms with E-state index >= 15 is 0 Å². The molecule has 4 rings (SSSR count). The second-order valence-corrected chi connectivity index (χ2v) is 9.18. The number of benzene rings is 2. The number of carbonyl (C=O) groups is 3. The zero-order valence-corrected chi connectivity index (χ0v) is 19.7. The first-order chi connectivity index (χ1) is 17.0. The summed E-state index contributed by atoms with van der Waals surface area (Å²) >= 11 is 1.24. The first-order valence-electron chi connectivity index (χ1n) is 11.2. The molecule has 1 aliphatic carbocycles. The Morgan fingerprint density at radius 1 is 1.11 bits per heavy atom. The van der Waals surface area contributed by atoms with Gasteiger partial charge in [0.15, 0.2) is 5.13 Å².